The molecule has 0 aromatic carbocycles. The summed E-state index contributed by atoms with van der Waals surface area (Å²) in [4.78, 5) is 4.62. The van der Waals surface area contributed by atoms with Crippen LogP contribution in [0.15, 0.2) is 17.6 Å². The van der Waals surface area contributed by atoms with E-state index in [-0.39, 0.29) is 0 Å². The zero-order valence-corrected chi connectivity index (χ0v) is 10.6. The Balaban J connectivity index is 2.40. The molecular formula is C14H25NO. The monoisotopic (exact) mass is 223 g/mol. The summed E-state index contributed by atoms with van der Waals surface area (Å²) in [5.41, 5.74) is 1.39. The largest absolute Gasteiger partial charge is 0.355 e. The summed E-state index contributed by atoms with van der Waals surface area (Å²) >= 11 is 0. The lowest BCUT2D eigenvalue weighted by Crippen LogP contribution is -2.18. The van der Waals surface area contributed by atoms with Gasteiger partial charge in [0.05, 0.1) is 6.61 Å². The Bertz CT molecular complexity index is 217. The van der Waals surface area contributed by atoms with Crippen molar-refractivity contribution in [3.05, 3.63) is 12.7 Å². The predicted molar refractivity (Wildman–Crippen MR) is 69.9 cm³/mol. The van der Waals surface area contributed by atoms with E-state index in [4.69, 9.17) is 4.74 Å². The normalized spacial score (nSPS) is 18.7. The summed E-state index contributed by atoms with van der Waals surface area (Å²) < 4.78 is 5.34. The molecule has 1 aliphatic carbocycles. The minimum Gasteiger partial charge on any atom is -0.355 e. The zero-order valence-electron chi connectivity index (χ0n) is 10.6. The smallest absolute Gasteiger partial charge is 0.137 e. The van der Waals surface area contributed by atoms with Gasteiger partial charge in [0.25, 0.3) is 0 Å². The molecular weight excluding hydrogens is 198 g/mol. The second kappa shape index (κ2) is 8.51. The standard InChI is InChI=1S/C14H25NO/c1-3-8-14(15-12-16-11-4-2)13-9-6-5-7-10-13/h4,13H,2-3,5-12H2,1H3/b15-14-. The molecule has 1 aliphatic rings. The van der Waals surface area contributed by atoms with Gasteiger partial charge in [0.15, 0.2) is 0 Å². The highest BCUT2D eigenvalue weighted by Gasteiger charge is 2.18. The molecule has 0 aliphatic heterocycles. The fourth-order valence-corrected chi connectivity index (χ4v) is 2.37. The van der Waals surface area contributed by atoms with Gasteiger partial charge in [0.2, 0.25) is 0 Å². The number of hydrogen-bond donors (Lipinski definition) is 0. The van der Waals surface area contributed by atoms with Crippen LogP contribution < -0.4 is 0 Å². The predicted octanol–water partition coefficient (Wildman–Crippen LogP) is 3.97. The molecule has 16 heavy (non-hydrogen) atoms. The summed E-state index contributed by atoms with van der Waals surface area (Å²) in [5, 5.41) is 0. The van der Waals surface area contributed by atoms with E-state index in [2.05, 4.69) is 18.5 Å². The molecule has 0 atom stereocenters. The summed E-state index contributed by atoms with van der Waals surface area (Å²) in [6.07, 6.45) is 10.9. The lowest BCUT2D eigenvalue weighted by atomic mass is 9.84. The van der Waals surface area contributed by atoms with Crippen LogP contribution in [0.1, 0.15) is 51.9 Å². The Labute approximate surface area is 99.8 Å². The minimum absolute atomic E-state index is 0.512. The van der Waals surface area contributed by atoms with Crippen molar-refractivity contribution in [1.82, 2.24) is 0 Å². The van der Waals surface area contributed by atoms with E-state index < -0.39 is 0 Å². The van der Waals surface area contributed by atoms with Gasteiger partial charge >= 0.3 is 0 Å². The van der Waals surface area contributed by atoms with Gasteiger partial charge in [-0.15, -0.1) is 6.58 Å². The average molecular weight is 223 g/mol. The molecule has 0 N–H and O–H groups in total. The van der Waals surface area contributed by atoms with E-state index in [0.29, 0.717) is 13.3 Å². The molecule has 92 valence electrons. The van der Waals surface area contributed by atoms with Crippen LogP contribution in [0.4, 0.5) is 0 Å². The van der Waals surface area contributed by atoms with Gasteiger partial charge < -0.3 is 4.74 Å². The topological polar surface area (TPSA) is 21.6 Å². The fraction of sp³-hybridized carbons (Fsp3) is 0.786. The molecule has 0 bridgehead atoms. The van der Waals surface area contributed by atoms with E-state index in [0.717, 1.165) is 12.3 Å². The van der Waals surface area contributed by atoms with E-state index in [1.54, 1.807) is 6.08 Å². The quantitative estimate of drug-likeness (QED) is 0.363. The minimum atomic E-state index is 0.512. The second-order valence-corrected chi connectivity index (χ2v) is 4.52. The van der Waals surface area contributed by atoms with Gasteiger partial charge in [-0.2, -0.15) is 0 Å². The van der Waals surface area contributed by atoms with Crippen molar-refractivity contribution in [2.45, 2.75) is 51.9 Å². The summed E-state index contributed by atoms with van der Waals surface area (Å²) in [6, 6.07) is 0. The highest BCUT2D eigenvalue weighted by atomic mass is 16.5. The summed E-state index contributed by atoms with van der Waals surface area (Å²) in [6.45, 7) is 6.97. The van der Waals surface area contributed by atoms with Crippen LogP contribution in [-0.4, -0.2) is 19.0 Å². The SMILES string of the molecule is C=CCOC/N=C(/CCC)C1CCCCC1. The maximum absolute atomic E-state index is 5.34. The second-order valence-electron chi connectivity index (χ2n) is 4.52. The number of aliphatic imine (C=N–C) groups is 1. The van der Waals surface area contributed by atoms with Crippen molar-refractivity contribution in [3.8, 4) is 0 Å². The molecule has 2 heteroatoms. The summed E-state index contributed by atoms with van der Waals surface area (Å²) in [5.74, 6) is 0.737. The average Bonchev–Trinajstić information content (AvgIpc) is 2.34. The number of nitrogens with zero attached hydrogens (tertiary/aromatic N) is 1. The third-order valence-electron chi connectivity index (χ3n) is 3.18. The van der Waals surface area contributed by atoms with Gasteiger partial charge in [-0.05, 0) is 25.2 Å². The highest BCUT2D eigenvalue weighted by Crippen LogP contribution is 2.26. The van der Waals surface area contributed by atoms with Crippen LogP contribution >= 0.6 is 0 Å². The highest BCUT2D eigenvalue weighted by molar-refractivity contribution is 5.86. The Hall–Kier alpha value is -0.630. The first-order valence-corrected chi connectivity index (χ1v) is 6.60. The molecule has 0 spiro atoms. The van der Waals surface area contributed by atoms with Gasteiger partial charge in [-0.1, -0.05) is 38.7 Å². The molecule has 2 nitrogen and oxygen atoms in total. The molecule has 1 rings (SSSR count). The molecule has 1 fully saturated rings. The van der Waals surface area contributed by atoms with Crippen molar-refractivity contribution in [2.24, 2.45) is 10.9 Å². The first-order chi connectivity index (χ1) is 7.88. The Morgan fingerprint density at radius 3 is 2.75 bits per heavy atom. The summed E-state index contributed by atoms with van der Waals surface area (Å²) in [7, 11) is 0. The first-order valence-electron chi connectivity index (χ1n) is 6.60. The molecule has 0 aromatic heterocycles. The molecule has 0 saturated heterocycles. The van der Waals surface area contributed by atoms with E-state index >= 15 is 0 Å². The van der Waals surface area contributed by atoms with E-state index in [1.807, 2.05) is 0 Å². The number of hydrogen-bond acceptors (Lipinski definition) is 2. The molecule has 1 saturated carbocycles. The Kier molecular flexibility index (Phi) is 7.15. The maximum atomic E-state index is 5.34. The van der Waals surface area contributed by atoms with E-state index in [1.165, 1.54) is 44.2 Å². The van der Waals surface area contributed by atoms with Crippen LogP contribution in [0.25, 0.3) is 0 Å². The van der Waals surface area contributed by atoms with Crippen molar-refractivity contribution >= 4 is 5.71 Å². The maximum Gasteiger partial charge on any atom is 0.137 e. The van der Waals surface area contributed by atoms with Crippen molar-refractivity contribution in [3.63, 3.8) is 0 Å². The van der Waals surface area contributed by atoms with E-state index in [9.17, 15) is 0 Å². The lowest BCUT2D eigenvalue weighted by molar-refractivity contribution is 0.171. The van der Waals surface area contributed by atoms with Gasteiger partial charge in [0.1, 0.15) is 6.73 Å². The molecule has 0 unspecified atom stereocenters. The van der Waals surface area contributed by atoms with Crippen LogP contribution in [0, 0.1) is 5.92 Å². The molecule has 0 aromatic rings. The third-order valence-corrected chi connectivity index (χ3v) is 3.18. The molecule has 0 radical (unpaired) electrons. The fourth-order valence-electron chi connectivity index (χ4n) is 2.37. The third kappa shape index (κ3) is 4.93. The van der Waals surface area contributed by atoms with Crippen molar-refractivity contribution in [2.75, 3.05) is 13.3 Å². The Morgan fingerprint density at radius 1 is 1.38 bits per heavy atom. The van der Waals surface area contributed by atoms with Crippen LogP contribution in [0.5, 0.6) is 0 Å². The number of rotatable bonds is 7. The Morgan fingerprint density at radius 2 is 2.12 bits per heavy atom. The van der Waals surface area contributed by atoms with Gasteiger partial charge in [0, 0.05) is 5.71 Å². The number of ether oxygens (including phenoxy) is 1. The van der Waals surface area contributed by atoms with Crippen molar-refractivity contribution < 1.29 is 4.74 Å². The first kappa shape index (κ1) is 13.4. The zero-order chi connectivity index (χ0) is 11.6. The van der Waals surface area contributed by atoms with Gasteiger partial charge in [-0.3, -0.25) is 4.99 Å². The van der Waals surface area contributed by atoms with Crippen LogP contribution in [0.3, 0.4) is 0 Å². The lowest BCUT2D eigenvalue weighted by Gasteiger charge is -2.23. The van der Waals surface area contributed by atoms with Crippen molar-refractivity contribution in [1.29, 1.82) is 0 Å². The van der Waals surface area contributed by atoms with Crippen LogP contribution in [-0.2, 0) is 4.74 Å². The molecule has 0 amide bonds. The molecule has 0 heterocycles. The van der Waals surface area contributed by atoms with Gasteiger partial charge in [-0.25, -0.2) is 0 Å². The van der Waals surface area contributed by atoms with Crippen LogP contribution in [0.2, 0.25) is 0 Å².